The van der Waals surface area contributed by atoms with Crippen molar-refractivity contribution in [3.8, 4) is 0 Å². The van der Waals surface area contributed by atoms with Crippen LogP contribution in [-0.4, -0.2) is 44.2 Å². The molecule has 3 heterocycles. The lowest BCUT2D eigenvalue weighted by atomic mass is 10.1. The number of imidazole rings is 1. The first-order chi connectivity index (χ1) is 12.0. The number of unbranched alkanes of at least 4 members (excludes halogenated alkanes) is 1. The lowest BCUT2D eigenvalue weighted by molar-refractivity contribution is 0.271. The molecule has 25 heavy (non-hydrogen) atoms. The Balaban J connectivity index is 1.94. The van der Waals surface area contributed by atoms with Gasteiger partial charge in [0.05, 0.1) is 6.33 Å². The summed E-state index contributed by atoms with van der Waals surface area (Å²) in [5, 5.41) is 5.67. The molecule has 1 aliphatic rings. The molecule has 0 aromatic carbocycles. The molecule has 7 heteroatoms. The van der Waals surface area contributed by atoms with E-state index in [2.05, 4.69) is 53.0 Å². The summed E-state index contributed by atoms with van der Waals surface area (Å²) in [4.78, 5) is 14.1. The van der Waals surface area contributed by atoms with Gasteiger partial charge >= 0.3 is 0 Å². The number of fused-ring (bicyclic) bond motifs is 1. The molecule has 0 radical (unpaired) electrons. The summed E-state index contributed by atoms with van der Waals surface area (Å²) in [5.74, 6) is 1.47. The number of hydrogen-bond acceptors (Lipinski definition) is 6. The van der Waals surface area contributed by atoms with Gasteiger partial charge in [0.1, 0.15) is 0 Å². The molecule has 138 valence electrons. The zero-order chi connectivity index (χ0) is 17.9. The van der Waals surface area contributed by atoms with Crippen molar-refractivity contribution >= 4 is 22.9 Å². The van der Waals surface area contributed by atoms with Crippen LogP contribution in [0.3, 0.4) is 0 Å². The van der Waals surface area contributed by atoms with E-state index < -0.39 is 0 Å². The molecule has 0 saturated carbocycles. The van der Waals surface area contributed by atoms with Crippen molar-refractivity contribution in [3.63, 3.8) is 0 Å². The highest BCUT2D eigenvalue weighted by Gasteiger charge is 2.21. The van der Waals surface area contributed by atoms with Crippen molar-refractivity contribution in [1.82, 2.24) is 24.5 Å². The van der Waals surface area contributed by atoms with Crippen LogP contribution in [0.2, 0.25) is 0 Å². The van der Waals surface area contributed by atoms with E-state index in [-0.39, 0.29) is 5.54 Å². The molecule has 0 spiro atoms. The van der Waals surface area contributed by atoms with E-state index in [9.17, 15) is 0 Å². The van der Waals surface area contributed by atoms with Crippen molar-refractivity contribution in [1.29, 1.82) is 0 Å². The summed E-state index contributed by atoms with van der Waals surface area (Å²) in [6.07, 6.45) is 7.87. The smallest absolute Gasteiger partial charge is 0.241 e. The van der Waals surface area contributed by atoms with Gasteiger partial charge in [-0.1, -0.05) is 19.8 Å². The minimum absolute atomic E-state index is 0.0772. The zero-order valence-corrected chi connectivity index (χ0v) is 16.0. The molecule has 3 rings (SSSR count). The third-order valence-electron chi connectivity index (χ3n) is 4.56. The van der Waals surface area contributed by atoms with Crippen LogP contribution in [0, 0.1) is 0 Å². The number of aromatic nitrogens is 4. The second-order valence-electron chi connectivity index (χ2n) is 7.79. The van der Waals surface area contributed by atoms with Crippen LogP contribution in [0.25, 0.3) is 11.2 Å². The summed E-state index contributed by atoms with van der Waals surface area (Å²) in [5.41, 5.74) is 5.04. The number of anilines is 2. The third-order valence-corrected chi connectivity index (χ3v) is 4.56. The van der Waals surface area contributed by atoms with Crippen molar-refractivity contribution in [2.24, 2.45) is 0 Å². The summed E-state index contributed by atoms with van der Waals surface area (Å²) in [7, 11) is 0. The summed E-state index contributed by atoms with van der Waals surface area (Å²) in [6.45, 7) is 11.7. The number of hydrazine groups is 1. The van der Waals surface area contributed by atoms with Gasteiger partial charge in [-0.15, -0.1) is 0 Å². The predicted octanol–water partition coefficient (Wildman–Crippen LogP) is 3.61. The van der Waals surface area contributed by atoms with Crippen LogP contribution in [0.4, 0.5) is 11.8 Å². The molecule has 0 amide bonds. The van der Waals surface area contributed by atoms with E-state index in [0.717, 1.165) is 49.5 Å². The number of rotatable bonds is 6. The fourth-order valence-corrected chi connectivity index (χ4v) is 3.09. The second-order valence-corrected chi connectivity index (χ2v) is 7.79. The van der Waals surface area contributed by atoms with Crippen molar-refractivity contribution in [2.45, 2.75) is 65.3 Å². The van der Waals surface area contributed by atoms with Gasteiger partial charge in [0.25, 0.3) is 0 Å². The van der Waals surface area contributed by atoms with E-state index in [1.54, 1.807) is 0 Å². The van der Waals surface area contributed by atoms with Crippen molar-refractivity contribution < 1.29 is 0 Å². The van der Waals surface area contributed by atoms with Gasteiger partial charge in [-0.3, -0.25) is 5.43 Å². The first kappa shape index (κ1) is 17.9. The average molecular weight is 345 g/mol. The fraction of sp³-hybridized carbons (Fsp3) is 0.722. The first-order valence-electron chi connectivity index (χ1n) is 9.50. The van der Waals surface area contributed by atoms with E-state index in [1.807, 2.05) is 6.33 Å². The van der Waals surface area contributed by atoms with Gasteiger partial charge in [-0.05, 0) is 40.0 Å². The Morgan fingerprint density at radius 3 is 2.56 bits per heavy atom. The maximum absolute atomic E-state index is 4.78. The average Bonchev–Trinajstić information content (AvgIpc) is 3.00. The van der Waals surface area contributed by atoms with Crippen molar-refractivity contribution in [2.75, 3.05) is 30.4 Å². The summed E-state index contributed by atoms with van der Waals surface area (Å²) in [6, 6.07) is 0. The van der Waals surface area contributed by atoms with Crippen LogP contribution >= 0.6 is 0 Å². The highest BCUT2D eigenvalue weighted by Crippen LogP contribution is 2.26. The molecule has 2 N–H and O–H groups in total. The molecule has 1 fully saturated rings. The van der Waals surface area contributed by atoms with Gasteiger partial charge in [0, 0.05) is 25.2 Å². The molecule has 0 bridgehead atoms. The lowest BCUT2D eigenvalue weighted by Crippen LogP contribution is -2.35. The molecule has 2 aromatic rings. The van der Waals surface area contributed by atoms with Crippen LogP contribution < -0.4 is 10.7 Å². The molecule has 1 saturated heterocycles. The molecule has 0 atom stereocenters. The van der Waals surface area contributed by atoms with Gasteiger partial charge in [0.15, 0.2) is 17.0 Å². The number of nitrogens with one attached hydrogen (secondary N) is 2. The Labute approximate surface area is 150 Å². The molecule has 1 aliphatic heterocycles. The third kappa shape index (κ3) is 4.21. The zero-order valence-electron chi connectivity index (χ0n) is 16.0. The predicted molar refractivity (Wildman–Crippen MR) is 103 cm³/mol. The minimum atomic E-state index is -0.0772. The van der Waals surface area contributed by atoms with Gasteiger partial charge in [0.2, 0.25) is 5.95 Å². The van der Waals surface area contributed by atoms with Gasteiger partial charge < -0.3 is 9.88 Å². The summed E-state index contributed by atoms with van der Waals surface area (Å²) >= 11 is 0. The first-order valence-corrected chi connectivity index (χ1v) is 9.50. The Hall–Kier alpha value is -1.89. The van der Waals surface area contributed by atoms with E-state index in [0.29, 0.717) is 5.95 Å². The highest BCUT2D eigenvalue weighted by molar-refractivity contribution is 5.84. The monoisotopic (exact) mass is 345 g/mol. The quantitative estimate of drug-likeness (QED) is 0.780. The number of hydrogen-bond donors (Lipinski definition) is 2. The maximum Gasteiger partial charge on any atom is 0.241 e. The molecule has 0 unspecified atom stereocenters. The van der Waals surface area contributed by atoms with E-state index >= 15 is 0 Å². The molecule has 0 aliphatic carbocycles. The van der Waals surface area contributed by atoms with Crippen LogP contribution in [0.15, 0.2) is 6.33 Å². The van der Waals surface area contributed by atoms with Crippen LogP contribution in [-0.2, 0) is 5.54 Å². The Morgan fingerprint density at radius 2 is 1.88 bits per heavy atom. The van der Waals surface area contributed by atoms with Gasteiger partial charge in [-0.2, -0.15) is 9.97 Å². The molecule has 2 aromatic heterocycles. The van der Waals surface area contributed by atoms with Crippen molar-refractivity contribution in [3.05, 3.63) is 6.33 Å². The standard InChI is InChI=1S/C18H31N7/c1-5-6-10-19-15-14-16(25(13-20-14)18(2,3)4)22-17(21-15)23-24-11-8-7-9-12-24/h13H,5-12H2,1-4H3,(H2,19,21,22,23). The van der Waals surface area contributed by atoms with Crippen LogP contribution in [0.1, 0.15) is 59.8 Å². The summed E-state index contributed by atoms with van der Waals surface area (Å²) < 4.78 is 2.12. The van der Waals surface area contributed by atoms with E-state index in [4.69, 9.17) is 9.97 Å². The lowest BCUT2D eigenvalue weighted by Gasteiger charge is -2.27. The highest BCUT2D eigenvalue weighted by atomic mass is 15.5. The molecule has 7 nitrogen and oxygen atoms in total. The van der Waals surface area contributed by atoms with E-state index in [1.165, 1.54) is 19.3 Å². The Kier molecular flexibility index (Phi) is 5.42. The minimum Gasteiger partial charge on any atom is -0.368 e. The molecular formula is C18H31N7. The van der Waals surface area contributed by atoms with Crippen LogP contribution in [0.5, 0.6) is 0 Å². The Bertz CT molecular complexity index is 695. The fourth-order valence-electron chi connectivity index (χ4n) is 3.09. The number of piperidine rings is 1. The topological polar surface area (TPSA) is 70.9 Å². The normalized spacial score (nSPS) is 16.3. The van der Waals surface area contributed by atoms with Gasteiger partial charge in [-0.25, -0.2) is 9.99 Å². The number of nitrogens with zero attached hydrogens (tertiary/aromatic N) is 5. The maximum atomic E-state index is 4.78. The second kappa shape index (κ2) is 7.56. The Morgan fingerprint density at radius 1 is 1.12 bits per heavy atom. The largest absolute Gasteiger partial charge is 0.368 e. The SMILES string of the molecule is CCCCNc1nc(NN2CCCCC2)nc2c1ncn2C(C)(C)C. The molecular weight excluding hydrogens is 314 g/mol.